The molecule has 2 aliphatic rings. The summed E-state index contributed by atoms with van der Waals surface area (Å²) >= 11 is 0. The summed E-state index contributed by atoms with van der Waals surface area (Å²) < 4.78 is 11.6. The summed E-state index contributed by atoms with van der Waals surface area (Å²) in [5.74, 6) is -0.145. The zero-order valence-electron chi connectivity index (χ0n) is 29.1. The molecule has 0 bridgehead atoms. The molecule has 4 N–H and O–H groups in total. The Morgan fingerprint density at radius 2 is 1.57 bits per heavy atom. The molecule has 9 heteroatoms. The van der Waals surface area contributed by atoms with Gasteiger partial charge in [0.1, 0.15) is 18.0 Å². The lowest BCUT2D eigenvalue weighted by atomic mass is 9.88. The van der Waals surface area contributed by atoms with Crippen molar-refractivity contribution >= 4 is 12.0 Å². The van der Waals surface area contributed by atoms with Crippen LogP contribution in [0.3, 0.4) is 0 Å². The minimum absolute atomic E-state index is 0.0810. The Morgan fingerprint density at radius 1 is 0.898 bits per heavy atom. The van der Waals surface area contributed by atoms with Crippen LogP contribution in [0.1, 0.15) is 74.8 Å². The minimum atomic E-state index is -1.07. The standard InChI is InChI=1S/C40H53N3O6/c1-40(2,3)49-39(47)41-34(25-28-12-6-4-7-13-28)35(44)27-31(38(46)42-37-33-15-9-8-14-30(33)26-36(37)45)24-29-16-18-32(19-17-29)48-23-22-43-20-10-5-11-21-43/h4,6-9,12-19,31,34-37,44-45H,5,10-11,20-27H2,1-3H3,(H,41,47)(H,42,46)/t31-,34-,35-,36+,37-/m0/s1. The van der Waals surface area contributed by atoms with Crippen molar-refractivity contribution in [3.8, 4) is 5.75 Å². The number of amides is 2. The molecule has 264 valence electrons. The Labute approximate surface area is 291 Å². The van der Waals surface area contributed by atoms with Crippen molar-refractivity contribution in [3.63, 3.8) is 0 Å². The van der Waals surface area contributed by atoms with Gasteiger partial charge in [-0.05, 0) is 100 Å². The van der Waals surface area contributed by atoms with E-state index in [1.807, 2.05) is 78.9 Å². The van der Waals surface area contributed by atoms with Gasteiger partial charge < -0.3 is 30.3 Å². The third-order valence-electron chi connectivity index (χ3n) is 9.39. The van der Waals surface area contributed by atoms with Gasteiger partial charge in [0, 0.05) is 18.9 Å². The highest BCUT2D eigenvalue weighted by Crippen LogP contribution is 2.32. The highest BCUT2D eigenvalue weighted by molar-refractivity contribution is 5.80. The van der Waals surface area contributed by atoms with Crippen LogP contribution in [0.15, 0.2) is 78.9 Å². The van der Waals surface area contributed by atoms with Gasteiger partial charge in [0.05, 0.1) is 24.3 Å². The first kappa shape index (κ1) is 36.4. The van der Waals surface area contributed by atoms with Crippen molar-refractivity contribution in [1.29, 1.82) is 0 Å². The Bertz CT molecular complexity index is 1490. The quantitative estimate of drug-likeness (QED) is 0.182. The second-order valence-electron chi connectivity index (χ2n) is 14.5. The summed E-state index contributed by atoms with van der Waals surface area (Å²) in [7, 11) is 0. The lowest BCUT2D eigenvalue weighted by Crippen LogP contribution is -2.48. The van der Waals surface area contributed by atoms with Gasteiger partial charge in [-0.25, -0.2) is 4.79 Å². The largest absolute Gasteiger partial charge is 0.492 e. The van der Waals surface area contributed by atoms with E-state index in [1.54, 1.807) is 20.8 Å². The van der Waals surface area contributed by atoms with Gasteiger partial charge in [0.25, 0.3) is 0 Å². The van der Waals surface area contributed by atoms with Gasteiger partial charge in [0.2, 0.25) is 5.91 Å². The van der Waals surface area contributed by atoms with Crippen LogP contribution in [0.25, 0.3) is 0 Å². The molecule has 5 atom stereocenters. The van der Waals surface area contributed by atoms with Crippen LogP contribution in [-0.2, 0) is 28.8 Å². The van der Waals surface area contributed by atoms with E-state index in [2.05, 4.69) is 15.5 Å². The predicted octanol–water partition coefficient (Wildman–Crippen LogP) is 5.37. The number of carbonyl (C=O) groups is 2. The van der Waals surface area contributed by atoms with Gasteiger partial charge in [0.15, 0.2) is 0 Å². The maximum Gasteiger partial charge on any atom is 0.407 e. The molecule has 1 aliphatic carbocycles. The first-order chi connectivity index (χ1) is 23.5. The normalized spacial score (nSPS) is 19.7. The first-order valence-electron chi connectivity index (χ1n) is 17.8. The number of nitrogens with zero attached hydrogens (tertiary/aromatic N) is 1. The maximum absolute atomic E-state index is 14.1. The Balaban J connectivity index is 1.31. The molecule has 0 radical (unpaired) electrons. The number of hydrogen-bond donors (Lipinski definition) is 4. The average Bonchev–Trinajstić information content (AvgIpc) is 3.39. The van der Waals surface area contributed by atoms with E-state index in [-0.39, 0.29) is 12.3 Å². The molecule has 1 fully saturated rings. The van der Waals surface area contributed by atoms with Crippen molar-refractivity contribution < 1.29 is 29.3 Å². The van der Waals surface area contributed by atoms with Crippen LogP contribution >= 0.6 is 0 Å². The van der Waals surface area contributed by atoms with E-state index in [4.69, 9.17) is 9.47 Å². The minimum Gasteiger partial charge on any atom is -0.492 e. The van der Waals surface area contributed by atoms with Crippen molar-refractivity contribution in [2.24, 2.45) is 5.92 Å². The number of aliphatic hydroxyl groups is 2. The molecule has 9 nitrogen and oxygen atoms in total. The van der Waals surface area contributed by atoms with E-state index < -0.39 is 41.9 Å². The third-order valence-corrected chi connectivity index (χ3v) is 9.39. The summed E-state index contributed by atoms with van der Waals surface area (Å²) in [4.78, 5) is 29.4. The number of nitrogens with one attached hydrogen (secondary N) is 2. The Morgan fingerprint density at radius 3 is 2.29 bits per heavy atom. The number of hydrogen-bond acceptors (Lipinski definition) is 7. The van der Waals surface area contributed by atoms with E-state index in [0.717, 1.165) is 47.6 Å². The van der Waals surface area contributed by atoms with E-state index in [0.29, 0.717) is 25.9 Å². The van der Waals surface area contributed by atoms with Gasteiger partial charge in [-0.15, -0.1) is 0 Å². The summed E-state index contributed by atoms with van der Waals surface area (Å²) in [6.45, 7) is 9.14. The van der Waals surface area contributed by atoms with E-state index in [9.17, 15) is 19.8 Å². The van der Waals surface area contributed by atoms with Gasteiger partial charge in [-0.2, -0.15) is 0 Å². The van der Waals surface area contributed by atoms with E-state index in [1.165, 1.54) is 19.3 Å². The summed E-state index contributed by atoms with van der Waals surface area (Å²) in [6, 6.07) is 23.9. The Hall–Kier alpha value is -3.92. The maximum atomic E-state index is 14.1. The fourth-order valence-electron chi connectivity index (χ4n) is 6.85. The highest BCUT2D eigenvalue weighted by atomic mass is 16.6. The molecule has 1 heterocycles. The number of aliphatic hydroxyl groups excluding tert-OH is 2. The molecule has 0 aromatic heterocycles. The molecule has 1 saturated heterocycles. The number of benzene rings is 3. The third kappa shape index (κ3) is 11.0. The van der Waals surface area contributed by atoms with Crippen LogP contribution in [0.5, 0.6) is 5.75 Å². The first-order valence-corrected chi connectivity index (χ1v) is 17.8. The molecule has 3 aromatic rings. The molecule has 3 aromatic carbocycles. The molecule has 0 spiro atoms. The number of rotatable bonds is 14. The van der Waals surface area contributed by atoms with Crippen molar-refractivity contribution in [2.75, 3.05) is 26.2 Å². The van der Waals surface area contributed by atoms with Crippen molar-refractivity contribution in [3.05, 3.63) is 101 Å². The van der Waals surface area contributed by atoms with Crippen molar-refractivity contribution in [2.45, 2.75) is 95.6 Å². The second-order valence-corrected chi connectivity index (χ2v) is 14.5. The van der Waals surface area contributed by atoms with E-state index >= 15 is 0 Å². The molecule has 0 saturated carbocycles. The van der Waals surface area contributed by atoms with Crippen LogP contribution in [0.4, 0.5) is 4.79 Å². The molecular formula is C40H53N3O6. The lowest BCUT2D eigenvalue weighted by Gasteiger charge is -2.30. The molecule has 1 aliphatic heterocycles. The molecule has 5 rings (SSSR count). The zero-order chi connectivity index (χ0) is 34.8. The van der Waals surface area contributed by atoms with Crippen LogP contribution in [0, 0.1) is 5.92 Å². The zero-order valence-corrected chi connectivity index (χ0v) is 29.1. The van der Waals surface area contributed by atoms with Gasteiger partial charge in [-0.3, -0.25) is 9.69 Å². The number of carbonyl (C=O) groups excluding carboxylic acids is 2. The van der Waals surface area contributed by atoms with Gasteiger partial charge in [-0.1, -0.05) is 73.2 Å². The molecule has 2 amide bonds. The van der Waals surface area contributed by atoms with Crippen LogP contribution in [0.2, 0.25) is 0 Å². The SMILES string of the molecule is CC(C)(C)OC(=O)N[C@@H](Cc1ccccc1)[C@@H](O)C[C@H](Cc1ccc(OCCN2CCCCC2)cc1)C(=O)N[C@H]1c2ccccc2C[C@H]1O. The fourth-order valence-corrected chi connectivity index (χ4v) is 6.85. The lowest BCUT2D eigenvalue weighted by molar-refractivity contribution is -0.127. The predicted molar refractivity (Wildman–Crippen MR) is 190 cm³/mol. The highest BCUT2D eigenvalue weighted by Gasteiger charge is 2.35. The fraction of sp³-hybridized carbons (Fsp3) is 0.500. The van der Waals surface area contributed by atoms with Crippen LogP contribution in [-0.4, -0.2) is 77.2 Å². The average molecular weight is 672 g/mol. The Kier molecular flexibility index (Phi) is 12.7. The van der Waals surface area contributed by atoms with Gasteiger partial charge >= 0.3 is 6.09 Å². The summed E-state index contributed by atoms with van der Waals surface area (Å²) in [5.41, 5.74) is 3.06. The number of fused-ring (bicyclic) bond motifs is 1. The number of likely N-dealkylation sites (tertiary alicyclic amines) is 1. The number of alkyl carbamates (subject to hydrolysis) is 1. The monoisotopic (exact) mass is 671 g/mol. The number of piperidine rings is 1. The number of ether oxygens (including phenoxy) is 2. The summed E-state index contributed by atoms with van der Waals surface area (Å²) in [5, 5.41) is 28.6. The topological polar surface area (TPSA) is 120 Å². The summed E-state index contributed by atoms with van der Waals surface area (Å²) in [6.07, 6.45) is 2.61. The van der Waals surface area contributed by atoms with Crippen LogP contribution < -0.4 is 15.4 Å². The molecule has 49 heavy (non-hydrogen) atoms. The molecular weight excluding hydrogens is 618 g/mol. The smallest absolute Gasteiger partial charge is 0.407 e. The second kappa shape index (κ2) is 17.1. The van der Waals surface area contributed by atoms with Crippen molar-refractivity contribution in [1.82, 2.24) is 15.5 Å². The molecule has 0 unspecified atom stereocenters.